The van der Waals surface area contributed by atoms with Crippen molar-refractivity contribution in [2.45, 2.75) is 48.3 Å². The maximum Gasteiger partial charge on any atom is 0.186 e. The minimum atomic E-state index is -4.09. The quantitative estimate of drug-likeness (QED) is 0.202. The largest absolute Gasteiger partial charge is 0.395 e. The molecule has 0 heterocycles. The number of hydrogen-bond acceptors (Lipinski definition) is 7. The van der Waals surface area contributed by atoms with Crippen molar-refractivity contribution in [1.82, 2.24) is 0 Å². The summed E-state index contributed by atoms with van der Waals surface area (Å²) in [6, 6.07) is 36.1. The van der Waals surface area contributed by atoms with E-state index in [0.29, 0.717) is 0 Å². The van der Waals surface area contributed by atoms with Crippen molar-refractivity contribution in [2.24, 2.45) is 0 Å². The van der Waals surface area contributed by atoms with Gasteiger partial charge >= 0.3 is 0 Å². The third kappa shape index (κ3) is 8.81. The molecule has 4 aromatic carbocycles. The van der Waals surface area contributed by atoms with E-state index in [2.05, 4.69) is 0 Å². The first-order chi connectivity index (χ1) is 20.0. The molecular weight excluding hydrogens is 540 g/mol. The molecule has 41 heavy (non-hydrogen) atoms. The smallest absolute Gasteiger partial charge is 0.186 e. The third-order valence-corrected chi connectivity index (χ3v) is 8.83. The average molecular weight is 577 g/mol. The van der Waals surface area contributed by atoms with Gasteiger partial charge in [-0.05, 0) is 28.8 Å². The fourth-order valence-electron chi connectivity index (χ4n) is 4.50. The summed E-state index contributed by atoms with van der Waals surface area (Å²) in [7, 11) is -4.09. The molecule has 0 spiro atoms. The van der Waals surface area contributed by atoms with Gasteiger partial charge in [-0.3, -0.25) is 0 Å². The summed E-state index contributed by atoms with van der Waals surface area (Å²) in [5.74, 6) is 0. The Morgan fingerprint density at radius 2 is 1.00 bits per heavy atom. The van der Waals surface area contributed by atoms with Crippen molar-refractivity contribution in [3.8, 4) is 0 Å². The van der Waals surface area contributed by atoms with Gasteiger partial charge in [-0.1, -0.05) is 109 Å². The Labute approximate surface area is 241 Å². The van der Waals surface area contributed by atoms with Crippen LogP contribution in [0.3, 0.4) is 0 Å². The fraction of sp³-hybridized carbons (Fsp3) is 0.273. The molecule has 0 saturated carbocycles. The second-order valence-corrected chi connectivity index (χ2v) is 11.8. The summed E-state index contributed by atoms with van der Waals surface area (Å²) in [5, 5.41) is 20.5. The Morgan fingerprint density at radius 1 is 0.585 bits per heavy atom. The first kappa shape index (κ1) is 30.6. The summed E-state index contributed by atoms with van der Waals surface area (Å²) in [6.45, 7) is -0.474. The van der Waals surface area contributed by atoms with Gasteiger partial charge in [0.25, 0.3) is 0 Å². The van der Waals surface area contributed by atoms with Gasteiger partial charge in [-0.2, -0.15) is 0 Å². The second kappa shape index (κ2) is 15.6. The van der Waals surface area contributed by atoms with Crippen LogP contribution in [0.25, 0.3) is 0 Å². The predicted molar refractivity (Wildman–Crippen MR) is 157 cm³/mol. The highest BCUT2D eigenvalue weighted by atomic mass is 32.2. The van der Waals surface area contributed by atoms with Crippen molar-refractivity contribution in [1.29, 1.82) is 0 Å². The Morgan fingerprint density at radius 3 is 1.46 bits per heavy atom. The van der Waals surface area contributed by atoms with Gasteiger partial charge in [0.15, 0.2) is 9.84 Å². The lowest BCUT2D eigenvalue weighted by molar-refractivity contribution is -0.150. The molecule has 0 aromatic heterocycles. The number of hydrogen-bond donors (Lipinski definition) is 2. The van der Waals surface area contributed by atoms with Gasteiger partial charge in [0, 0.05) is 0 Å². The molecule has 7 nitrogen and oxygen atoms in total. The van der Waals surface area contributed by atoms with E-state index in [4.69, 9.17) is 14.2 Å². The molecule has 0 unspecified atom stereocenters. The van der Waals surface area contributed by atoms with Crippen LogP contribution in [0.4, 0.5) is 0 Å². The minimum Gasteiger partial charge on any atom is -0.395 e. The normalized spacial score (nSPS) is 14.7. The molecule has 0 bridgehead atoms. The topological polar surface area (TPSA) is 102 Å². The fourth-order valence-corrected chi connectivity index (χ4v) is 6.17. The molecule has 0 aliphatic rings. The average Bonchev–Trinajstić information content (AvgIpc) is 3.02. The van der Waals surface area contributed by atoms with Gasteiger partial charge in [0.05, 0.1) is 37.9 Å². The van der Waals surface area contributed by atoms with E-state index >= 15 is 0 Å². The van der Waals surface area contributed by atoms with E-state index in [-0.39, 0.29) is 31.3 Å². The molecule has 4 aromatic rings. The van der Waals surface area contributed by atoms with Crippen LogP contribution in [0.5, 0.6) is 0 Å². The first-order valence-corrected chi connectivity index (χ1v) is 15.0. The number of aliphatic hydroxyl groups excluding tert-OH is 2. The lowest BCUT2D eigenvalue weighted by Gasteiger charge is -2.35. The van der Waals surface area contributed by atoms with Crippen LogP contribution in [-0.2, 0) is 43.9 Å². The molecule has 0 radical (unpaired) electrons. The summed E-state index contributed by atoms with van der Waals surface area (Å²) in [4.78, 5) is 0.0454. The number of rotatable bonds is 16. The Bertz CT molecular complexity index is 1380. The maximum absolute atomic E-state index is 13.8. The highest BCUT2D eigenvalue weighted by molar-refractivity contribution is 7.92. The zero-order valence-electron chi connectivity index (χ0n) is 22.7. The predicted octanol–water partition coefficient (Wildman–Crippen LogP) is 4.57. The van der Waals surface area contributed by atoms with Crippen LogP contribution in [0.1, 0.15) is 16.7 Å². The monoisotopic (exact) mass is 576 g/mol. The van der Waals surface area contributed by atoms with Crippen LogP contribution in [0.15, 0.2) is 126 Å². The van der Waals surface area contributed by atoms with Crippen molar-refractivity contribution in [3.05, 3.63) is 138 Å². The van der Waals surface area contributed by atoms with Crippen LogP contribution in [0.2, 0.25) is 0 Å². The molecule has 0 aliphatic heterocycles. The maximum atomic E-state index is 13.8. The highest BCUT2D eigenvalue weighted by Gasteiger charge is 2.43. The third-order valence-electron chi connectivity index (χ3n) is 6.69. The second-order valence-electron chi connectivity index (χ2n) is 9.67. The SMILES string of the molecule is O=S(=O)(c1ccccc1)[C@H](CO)[C@H](OCc1ccccc1)[C@H](OCc1ccccc1)[C@H](O)COCc1ccccc1. The zero-order valence-corrected chi connectivity index (χ0v) is 23.6. The van der Waals surface area contributed by atoms with Gasteiger partial charge in [-0.25, -0.2) is 8.42 Å². The van der Waals surface area contributed by atoms with E-state index in [9.17, 15) is 18.6 Å². The Balaban J connectivity index is 1.64. The van der Waals surface area contributed by atoms with E-state index in [0.717, 1.165) is 16.7 Å². The van der Waals surface area contributed by atoms with E-state index in [1.165, 1.54) is 12.1 Å². The molecule has 0 aliphatic carbocycles. The summed E-state index contributed by atoms with van der Waals surface area (Å²) in [6.07, 6.45) is -3.64. The first-order valence-electron chi connectivity index (χ1n) is 13.5. The number of ether oxygens (including phenoxy) is 3. The van der Waals surface area contributed by atoms with Crippen LogP contribution in [-0.4, -0.2) is 55.4 Å². The standard InChI is InChI=1S/C33H36O7S/c34-21-31(41(36,37)29-19-11-4-12-20-29)33(40-24-28-17-9-3-10-18-28)32(39-23-27-15-7-2-8-16-27)30(35)25-38-22-26-13-5-1-6-14-26/h1-20,30-35H,21-25H2/t30-,31-,32-,33+/m1/s1. The van der Waals surface area contributed by atoms with E-state index in [1.807, 2.05) is 91.0 Å². The van der Waals surface area contributed by atoms with Gasteiger partial charge in [0.2, 0.25) is 0 Å². The van der Waals surface area contributed by atoms with E-state index < -0.39 is 40.0 Å². The molecule has 4 atom stereocenters. The summed E-state index contributed by atoms with van der Waals surface area (Å²) >= 11 is 0. The highest BCUT2D eigenvalue weighted by Crippen LogP contribution is 2.26. The van der Waals surface area contributed by atoms with Crippen molar-refractivity contribution in [3.63, 3.8) is 0 Å². The zero-order chi connectivity index (χ0) is 28.9. The Kier molecular flexibility index (Phi) is 11.6. The molecule has 216 valence electrons. The van der Waals surface area contributed by atoms with Gasteiger partial charge in [-0.15, -0.1) is 0 Å². The molecule has 8 heteroatoms. The van der Waals surface area contributed by atoms with Crippen molar-refractivity contribution >= 4 is 9.84 Å². The Hall–Kier alpha value is -3.37. The molecule has 0 saturated heterocycles. The van der Waals surface area contributed by atoms with Gasteiger partial charge in [0.1, 0.15) is 23.6 Å². The van der Waals surface area contributed by atoms with Crippen LogP contribution < -0.4 is 0 Å². The van der Waals surface area contributed by atoms with Crippen LogP contribution in [0, 0.1) is 0 Å². The number of sulfone groups is 1. The van der Waals surface area contributed by atoms with Crippen LogP contribution >= 0.6 is 0 Å². The van der Waals surface area contributed by atoms with Gasteiger partial charge < -0.3 is 24.4 Å². The molecule has 2 N–H and O–H groups in total. The van der Waals surface area contributed by atoms with Crippen molar-refractivity contribution in [2.75, 3.05) is 13.2 Å². The van der Waals surface area contributed by atoms with Crippen molar-refractivity contribution < 1.29 is 32.8 Å². The lowest BCUT2D eigenvalue weighted by Crippen LogP contribution is -2.52. The summed E-state index contributed by atoms with van der Waals surface area (Å²) in [5.41, 5.74) is 2.57. The van der Waals surface area contributed by atoms with E-state index in [1.54, 1.807) is 18.2 Å². The number of aliphatic hydroxyl groups is 2. The summed E-state index contributed by atoms with van der Waals surface area (Å²) < 4.78 is 45.9. The molecule has 4 rings (SSSR count). The number of benzene rings is 4. The molecular formula is C33H36O7S. The lowest BCUT2D eigenvalue weighted by atomic mass is 10.0. The molecule has 0 amide bonds. The minimum absolute atomic E-state index is 0.0454. The molecule has 0 fully saturated rings.